The summed E-state index contributed by atoms with van der Waals surface area (Å²) in [5.74, 6) is -0.144. The number of hydrogen-bond acceptors (Lipinski definition) is 3. The summed E-state index contributed by atoms with van der Waals surface area (Å²) in [4.78, 5) is 28.7. The van der Waals surface area contributed by atoms with Crippen LogP contribution < -0.4 is 15.1 Å². The quantitative estimate of drug-likeness (QED) is 0.776. The molecule has 0 unspecified atom stereocenters. The number of hydrogen-bond donors (Lipinski definition) is 1. The minimum absolute atomic E-state index is 0.0596. The van der Waals surface area contributed by atoms with Crippen molar-refractivity contribution in [1.82, 2.24) is 0 Å². The van der Waals surface area contributed by atoms with E-state index in [0.29, 0.717) is 6.54 Å². The summed E-state index contributed by atoms with van der Waals surface area (Å²) in [6, 6.07) is 14.1. The van der Waals surface area contributed by atoms with Gasteiger partial charge in [0.1, 0.15) is 0 Å². The van der Waals surface area contributed by atoms with Crippen LogP contribution in [0.4, 0.5) is 17.1 Å². The van der Waals surface area contributed by atoms with Crippen LogP contribution in [0.3, 0.4) is 0 Å². The smallest absolute Gasteiger partial charge is 0.226 e. The number of nitrogens with zero attached hydrogens (tertiary/aromatic N) is 2. The lowest BCUT2D eigenvalue weighted by molar-refractivity contribution is -0.117. The third-order valence-corrected chi connectivity index (χ3v) is 5.57. The van der Waals surface area contributed by atoms with Gasteiger partial charge >= 0.3 is 0 Å². The van der Waals surface area contributed by atoms with Crippen LogP contribution >= 0.6 is 0 Å². The molecule has 1 fully saturated rings. The van der Waals surface area contributed by atoms with Crippen LogP contribution in [0.25, 0.3) is 0 Å². The Balaban J connectivity index is 1.62. The third-order valence-electron chi connectivity index (χ3n) is 5.57. The Hall–Kier alpha value is -2.82. The van der Waals surface area contributed by atoms with Gasteiger partial charge in [-0.3, -0.25) is 9.59 Å². The normalized spacial score (nSPS) is 13.8. The van der Waals surface area contributed by atoms with Gasteiger partial charge in [-0.05, 0) is 68.5 Å². The van der Waals surface area contributed by atoms with Crippen molar-refractivity contribution in [1.29, 1.82) is 0 Å². The van der Waals surface area contributed by atoms with Crippen molar-refractivity contribution < 1.29 is 9.59 Å². The minimum atomic E-state index is -0.0846. The fourth-order valence-corrected chi connectivity index (χ4v) is 3.89. The highest BCUT2D eigenvalue weighted by atomic mass is 16.2. The Bertz CT molecular complexity index is 835. The standard InChI is InChI=1S/C24H31N3O2/c1-18-8-7-9-19(2)24(18)25-23(29)14-17-27(20(3)28)22-12-10-21(11-13-22)26-15-5-4-6-16-26/h7-13H,4-6,14-17H2,1-3H3,(H,25,29). The van der Waals surface area contributed by atoms with E-state index >= 15 is 0 Å². The second-order valence-corrected chi connectivity index (χ2v) is 7.80. The van der Waals surface area contributed by atoms with Crippen molar-refractivity contribution in [3.05, 3.63) is 53.6 Å². The molecule has 1 heterocycles. The SMILES string of the molecule is CC(=O)N(CCC(=O)Nc1c(C)cccc1C)c1ccc(N2CCCCC2)cc1. The summed E-state index contributed by atoms with van der Waals surface area (Å²) in [7, 11) is 0. The molecule has 2 aromatic carbocycles. The molecule has 0 spiro atoms. The number of piperidine rings is 1. The van der Waals surface area contributed by atoms with Crippen LogP contribution in [-0.2, 0) is 9.59 Å². The second kappa shape index (κ2) is 9.59. The van der Waals surface area contributed by atoms with Gasteiger partial charge < -0.3 is 15.1 Å². The van der Waals surface area contributed by atoms with Gasteiger partial charge in [-0.1, -0.05) is 18.2 Å². The summed E-state index contributed by atoms with van der Waals surface area (Å²) in [6.07, 6.45) is 4.02. The Morgan fingerprint density at radius 2 is 1.59 bits per heavy atom. The highest BCUT2D eigenvalue weighted by Gasteiger charge is 2.16. The molecule has 2 aromatic rings. The number of carbonyl (C=O) groups excluding carboxylic acids is 2. The molecule has 1 N–H and O–H groups in total. The number of carbonyl (C=O) groups is 2. The van der Waals surface area contributed by atoms with Crippen molar-refractivity contribution >= 4 is 28.9 Å². The van der Waals surface area contributed by atoms with E-state index in [9.17, 15) is 9.59 Å². The van der Waals surface area contributed by atoms with Gasteiger partial charge in [-0.15, -0.1) is 0 Å². The average molecular weight is 394 g/mol. The largest absolute Gasteiger partial charge is 0.372 e. The van der Waals surface area contributed by atoms with Gasteiger partial charge in [0.25, 0.3) is 0 Å². The van der Waals surface area contributed by atoms with E-state index < -0.39 is 0 Å². The van der Waals surface area contributed by atoms with Crippen LogP contribution in [-0.4, -0.2) is 31.4 Å². The van der Waals surface area contributed by atoms with Gasteiger partial charge in [0.05, 0.1) is 0 Å². The Kier molecular flexibility index (Phi) is 6.91. The molecule has 154 valence electrons. The Labute approximate surface area is 173 Å². The first-order valence-electron chi connectivity index (χ1n) is 10.4. The zero-order valence-electron chi connectivity index (χ0n) is 17.7. The van der Waals surface area contributed by atoms with Gasteiger partial charge in [0.2, 0.25) is 11.8 Å². The first-order chi connectivity index (χ1) is 14.0. The molecule has 0 atom stereocenters. The zero-order chi connectivity index (χ0) is 20.8. The predicted octanol–water partition coefficient (Wildman–Crippen LogP) is 4.68. The van der Waals surface area contributed by atoms with E-state index in [-0.39, 0.29) is 18.2 Å². The van der Waals surface area contributed by atoms with E-state index in [1.807, 2.05) is 44.2 Å². The molecule has 3 rings (SSSR count). The summed E-state index contributed by atoms with van der Waals surface area (Å²) in [6.45, 7) is 8.04. The lowest BCUT2D eigenvalue weighted by Crippen LogP contribution is -2.32. The molecule has 1 aliphatic heterocycles. The molecule has 0 saturated carbocycles. The fourth-order valence-electron chi connectivity index (χ4n) is 3.89. The molecule has 1 aliphatic rings. The van der Waals surface area contributed by atoms with Gasteiger partial charge in [0.15, 0.2) is 0 Å². The van der Waals surface area contributed by atoms with Crippen molar-refractivity contribution in [3.8, 4) is 0 Å². The van der Waals surface area contributed by atoms with Crippen LogP contribution in [0, 0.1) is 13.8 Å². The maximum atomic E-state index is 12.5. The molecule has 29 heavy (non-hydrogen) atoms. The number of amides is 2. The highest BCUT2D eigenvalue weighted by Crippen LogP contribution is 2.24. The first kappa shape index (κ1) is 20.9. The molecule has 1 saturated heterocycles. The fraction of sp³-hybridized carbons (Fsp3) is 0.417. The van der Waals surface area contributed by atoms with E-state index in [1.165, 1.54) is 24.9 Å². The third kappa shape index (κ3) is 5.37. The average Bonchev–Trinajstić information content (AvgIpc) is 2.72. The zero-order valence-corrected chi connectivity index (χ0v) is 17.7. The maximum absolute atomic E-state index is 12.5. The van der Waals surface area contributed by atoms with Crippen LogP contribution in [0.1, 0.15) is 43.7 Å². The van der Waals surface area contributed by atoms with Crippen molar-refractivity contribution in [2.75, 3.05) is 34.8 Å². The van der Waals surface area contributed by atoms with E-state index in [2.05, 4.69) is 22.3 Å². The Morgan fingerprint density at radius 1 is 0.966 bits per heavy atom. The number of aryl methyl sites for hydroxylation is 2. The highest BCUT2D eigenvalue weighted by molar-refractivity contribution is 5.95. The summed E-state index contributed by atoms with van der Waals surface area (Å²) in [5.41, 5.74) is 4.96. The second-order valence-electron chi connectivity index (χ2n) is 7.80. The number of nitrogens with one attached hydrogen (secondary N) is 1. The molecular formula is C24H31N3O2. The molecule has 0 aliphatic carbocycles. The molecule has 2 amide bonds. The van der Waals surface area contributed by atoms with E-state index in [4.69, 9.17) is 0 Å². The molecule has 0 aromatic heterocycles. The van der Waals surface area contributed by atoms with E-state index in [0.717, 1.165) is 35.6 Å². The predicted molar refractivity (Wildman–Crippen MR) is 120 cm³/mol. The lowest BCUT2D eigenvalue weighted by Gasteiger charge is -2.29. The van der Waals surface area contributed by atoms with Gasteiger partial charge in [0, 0.05) is 50.0 Å². The monoisotopic (exact) mass is 393 g/mol. The Morgan fingerprint density at radius 3 is 2.17 bits per heavy atom. The van der Waals surface area contributed by atoms with Crippen LogP contribution in [0.2, 0.25) is 0 Å². The molecular weight excluding hydrogens is 362 g/mol. The maximum Gasteiger partial charge on any atom is 0.226 e. The number of para-hydroxylation sites is 1. The minimum Gasteiger partial charge on any atom is -0.372 e. The molecule has 5 heteroatoms. The number of rotatable bonds is 6. The lowest BCUT2D eigenvalue weighted by atomic mass is 10.1. The summed E-state index contributed by atoms with van der Waals surface area (Å²) in [5, 5.41) is 2.99. The molecule has 0 bridgehead atoms. The van der Waals surface area contributed by atoms with Crippen LogP contribution in [0.15, 0.2) is 42.5 Å². The van der Waals surface area contributed by atoms with Gasteiger partial charge in [-0.25, -0.2) is 0 Å². The van der Waals surface area contributed by atoms with Crippen molar-refractivity contribution in [3.63, 3.8) is 0 Å². The van der Waals surface area contributed by atoms with Crippen LogP contribution in [0.5, 0.6) is 0 Å². The molecule has 5 nitrogen and oxygen atoms in total. The first-order valence-corrected chi connectivity index (χ1v) is 10.4. The summed E-state index contributed by atoms with van der Waals surface area (Å²) >= 11 is 0. The van der Waals surface area contributed by atoms with Crippen molar-refractivity contribution in [2.24, 2.45) is 0 Å². The number of anilines is 3. The summed E-state index contributed by atoms with van der Waals surface area (Å²) < 4.78 is 0. The number of benzene rings is 2. The topological polar surface area (TPSA) is 52.7 Å². The molecule has 0 radical (unpaired) electrons. The van der Waals surface area contributed by atoms with Crippen molar-refractivity contribution in [2.45, 2.75) is 46.5 Å². The van der Waals surface area contributed by atoms with Gasteiger partial charge in [-0.2, -0.15) is 0 Å². The van der Waals surface area contributed by atoms with E-state index in [1.54, 1.807) is 11.8 Å².